The number of benzene rings is 1. The molecule has 1 heterocycles. The summed E-state index contributed by atoms with van der Waals surface area (Å²) >= 11 is 0. The van der Waals surface area contributed by atoms with Gasteiger partial charge < -0.3 is 4.74 Å². The molecule has 1 aromatic rings. The highest BCUT2D eigenvalue weighted by atomic mass is 19.4. The number of fused-ring (bicyclic) bond motifs is 1. The van der Waals surface area contributed by atoms with Gasteiger partial charge in [-0.3, -0.25) is 4.79 Å². The molecule has 84 valence electrons. The van der Waals surface area contributed by atoms with E-state index in [2.05, 4.69) is 9.73 Å². The maximum atomic E-state index is 12.4. The Morgan fingerprint density at radius 1 is 1.25 bits per heavy atom. The van der Waals surface area contributed by atoms with Crippen LogP contribution in [0.1, 0.15) is 0 Å². The summed E-state index contributed by atoms with van der Waals surface area (Å²) in [6.45, 7) is 0. The van der Waals surface area contributed by atoms with Gasteiger partial charge in [0.25, 0.3) is 12.0 Å². The molecule has 0 saturated heterocycles. The molecule has 2 rings (SSSR count). The third-order valence-corrected chi connectivity index (χ3v) is 2.02. The minimum atomic E-state index is -4.75. The number of para-hydroxylation sites is 1. The molecule has 3 nitrogen and oxygen atoms in total. The molecule has 6 heteroatoms. The van der Waals surface area contributed by atoms with Gasteiger partial charge in [0.05, 0.1) is 11.6 Å². The number of hydrogen-bond acceptors (Lipinski definition) is 2. The van der Waals surface area contributed by atoms with E-state index in [0.717, 1.165) is 6.26 Å². The van der Waals surface area contributed by atoms with Crippen LogP contribution in [0.2, 0.25) is 0 Å². The Balaban J connectivity index is 2.54. The summed E-state index contributed by atoms with van der Waals surface area (Å²) < 4.78 is 41.5. The second-order valence-corrected chi connectivity index (χ2v) is 3.18. The molecule has 0 spiro atoms. The second kappa shape index (κ2) is 3.62. The molecule has 0 aliphatic carbocycles. The molecule has 1 amide bonds. The predicted octanol–water partition coefficient (Wildman–Crippen LogP) is 0.532. The first-order valence-electron chi connectivity index (χ1n) is 4.38. The molecule has 0 radical (unpaired) electrons. The van der Waals surface area contributed by atoms with E-state index < -0.39 is 18.2 Å². The fraction of sp³-hybridized carbons (Fsp3) is 0.200. The van der Waals surface area contributed by atoms with E-state index in [-0.39, 0.29) is 5.36 Å². The monoisotopic (exact) mass is 229 g/mol. The molecule has 0 saturated carbocycles. The first-order valence-corrected chi connectivity index (χ1v) is 4.38. The van der Waals surface area contributed by atoms with Crippen molar-refractivity contribution in [2.45, 2.75) is 12.3 Å². The van der Waals surface area contributed by atoms with Crippen molar-refractivity contribution in [2.75, 3.05) is 0 Å². The second-order valence-electron chi connectivity index (χ2n) is 3.18. The molecule has 1 aromatic carbocycles. The summed E-state index contributed by atoms with van der Waals surface area (Å²) in [5, 5.41) is 0.529. The van der Waals surface area contributed by atoms with E-state index in [4.69, 9.17) is 0 Å². The average molecular weight is 229 g/mol. The van der Waals surface area contributed by atoms with Gasteiger partial charge in [0.1, 0.15) is 0 Å². The number of alkyl halides is 3. The molecule has 1 aliphatic rings. The normalized spacial score (nSPS) is 19.9. The average Bonchev–Trinajstić information content (AvgIpc) is 2.34. The number of ether oxygens (including phenoxy) is 1. The fourth-order valence-corrected chi connectivity index (χ4v) is 1.28. The topological polar surface area (TPSA) is 38.7 Å². The summed E-state index contributed by atoms with van der Waals surface area (Å²) in [6, 6.07) is 6.17. The number of amides is 1. The number of carbonyl (C=O) groups is 1. The van der Waals surface area contributed by atoms with Gasteiger partial charge in [0.15, 0.2) is 0 Å². The van der Waals surface area contributed by atoms with Crippen molar-refractivity contribution in [3.63, 3.8) is 0 Å². The van der Waals surface area contributed by atoms with Crippen LogP contribution >= 0.6 is 0 Å². The zero-order chi connectivity index (χ0) is 11.8. The molecule has 0 N–H and O–H groups in total. The van der Waals surface area contributed by atoms with Gasteiger partial charge in [-0.2, -0.15) is 13.2 Å². The standard InChI is InChI=1S/C10H6F3NO2/c11-10(12,13)8-9(15)14-7-4-2-1-3-6(7)5-16-8/h1-5,8H. The Bertz CT molecular complexity index is 536. The minimum Gasteiger partial charge on any atom is -0.478 e. The van der Waals surface area contributed by atoms with Gasteiger partial charge in [-0.05, 0) is 12.1 Å². The summed E-state index contributed by atoms with van der Waals surface area (Å²) in [4.78, 5) is 14.6. The van der Waals surface area contributed by atoms with Crippen molar-refractivity contribution >= 4 is 12.2 Å². The van der Waals surface area contributed by atoms with Crippen molar-refractivity contribution in [1.29, 1.82) is 0 Å². The lowest BCUT2D eigenvalue weighted by Crippen LogP contribution is -2.36. The Kier molecular flexibility index (Phi) is 2.41. The van der Waals surface area contributed by atoms with Gasteiger partial charge in [-0.25, -0.2) is 4.99 Å². The molecule has 16 heavy (non-hydrogen) atoms. The maximum Gasteiger partial charge on any atom is 0.434 e. The number of halogens is 3. The Hall–Kier alpha value is -1.85. The lowest BCUT2D eigenvalue weighted by Gasteiger charge is -2.14. The molecule has 0 aromatic heterocycles. The van der Waals surface area contributed by atoms with Crippen LogP contribution in [0, 0.1) is 0 Å². The SMILES string of the molecule is O=C1N=c2ccccc2=COC1C(F)(F)F. The van der Waals surface area contributed by atoms with Gasteiger partial charge in [-0.15, -0.1) is 0 Å². The third kappa shape index (κ3) is 1.91. The Labute approximate surface area is 87.9 Å². The quantitative estimate of drug-likeness (QED) is 0.651. The van der Waals surface area contributed by atoms with Crippen LogP contribution in [0.15, 0.2) is 29.3 Å². The fourth-order valence-electron chi connectivity index (χ4n) is 1.28. The third-order valence-electron chi connectivity index (χ3n) is 2.02. The van der Waals surface area contributed by atoms with Gasteiger partial charge in [0, 0.05) is 5.22 Å². The Morgan fingerprint density at radius 3 is 2.62 bits per heavy atom. The predicted molar refractivity (Wildman–Crippen MR) is 47.6 cm³/mol. The summed E-state index contributed by atoms with van der Waals surface area (Å²) in [5.74, 6) is -1.34. The van der Waals surface area contributed by atoms with Crippen molar-refractivity contribution in [1.82, 2.24) is 0 Å². The molecular formula is C10H6F3NO2. The highest BCUT2D eigenvalue weighted by Crippen LogP contribution is 2.24. The summed E-state index contributed by atoms with van der Waals surface area (Å²) in [7, 11) is 0. The smallest absolute Gasteiger partial charge is 0.434 e. The maximum absolute atomic E-state index is 12.4. The molecule has 1 atom stereocenters. The highest BCUT2D eigenvalue weighted by Gasteiger charge is 2.47. The number of hydrogen-bond donors (Lipinski definition) is 0. The van der Waals surface area contributed by atoms with E-state index in [1.165, 1.54) is 12.1 Å². The first kappa shape index (κ1) is 10.7. The molecule has 0 fully saturated rings. The lowest BCUT2D eigenvalue weighted by atomic mass is 10.3. The summed E-state index contributed by atoms with van der Waals surface area (Å²) in [6.07, 6.45) is -6.36. The van der Waals surface area contributed by atoms with E-state index in [9.17, 15) is 18.0 Å². The molecular weight excluding hydrogens is 223 g/mol. The van der Waals surface area contributed by atoms with Crippen LogP contribution in [0.25, 0.3) is 6.26 Å². The highest BCUT2D eigenvalue weighted by molar-refractivity contribution is 5.83. The van der Waals surface area contributed by atoms with Crippen molar-refractivity contribution in [3.8, 4) is 0 Å². The van der Waals surface area contributed by atoms with Crippen LogP contribution in [0.4, 0.5) is 13.2 Å². The summed E-state index contributed by atoms with van der Waals surface area (Å²) in [5.41, 5.74) is 0. The molecule has 0 bridgehead atoms. The van der Waals surface area contributed by atoms with Crippen LogP contribution in [0.3, 0.4) is 0 Å². The van der Waals surface area contributed by atoms with E-state index >= 15 is 0 Å². The van der Waals surface area contributed by atoms with Crippen LogP contribution < -0.4 is 10.6 Å². The van der Waals surface area contributed by atoms with Crippen LogP contribution in [-0.2, 0) is 9.53 Å². The number of carbonyl (C=O) groups excluding carboxylic acids is 1. The van der Waals surface area contributed by atoms with Crippen molar-refractivity contribution in [3.05, 3.63) is 34.8 Å². The van der Waals surface area contributed by atoms with Gasteiger partial charge in [-0.1, -0.05) is 12.1 Å². The van der Waals surface area contributed by atoms with Crippen LogP contribution in [-0.4, -0.2) is 18.2 Å². The van der Waals surface area contributed by atoms with Crippen molar-refractivity contribution < 1.29 is 22.7 Å². The molecule has 1 aliphatic heterocycles. The van der Waals surface area contributed by atoms with Crippen molar-refractivity contribution in [2.24, 2.45) is 4.99 Å². The van der Waals surface area contributed by atoms with E-state index in [0.29, 0.717) is 5.22 Å². The zero-order valence-corrected chi connectivity index (χ0v) is 7.86. The largest absolute Gasteiger partial charge is 0.478 e. The number of nitrogens with zero attached hydrogens (tertiary/aromatic N) is 1. The van der Waals surface area contributed by atoms with Gasteiger partial charge in [0.2, 0.25) is 0 Å². The first-order chi connectivity index (χ1) is 7.48. The lowest BCUT2D eigenvalue weighted by molar-refractivity contribution is -0.200. The van der Waals surface area contributed by atoms with Crippen LogP contribution in [0.5, 0.6) is 0 Å². The minimum absolute atomic E-state index is 0.180. The van der Waals surface area contributed by atoms with Gasteiger partial charge >= 0.3 is 6.18 Å². The molecule has 1 unspecified atom stereocenters. The number of rotatable bonds is 0. The van der Waals surface area contributed by atoms with E-state index in [1.807, 2.05) is 0 Å². The van der Waals surface area contributed by atoms with E-state index in [1.54, 1.807) is 12.1 Å². The zero-order valence-electron chi connectivity index (χ0n) is 7.86. The Morgan fingerprint density at radius 2 is 1.94 bits per heavy atom.